The molecule has 5 nitrogen and oxygen atoms in total. The predicted octanol–water partition coefficient (Wildman–Crippen LogP) is 1.78. The molecule has 0 aromatic heterocycles. The highest BCUT2D eigenvalue weighted by Crippen LogP contribution is 2.28. The second-order valence-corrected chi connectivity index (χ2v) is 4.88. The Balaban J connectivity index is 2.08. The zero-order valence-corrected chi connectivity index (χ0v) is 11.3. The third-order valence-electron chi connectivity index (χ3n) is 3.02. The van der Waals surface area contributed by atoms with Crippen LogP contribution in [0.5, 0.6) is 0 Å². The first-order chi connectivity index (χ1) is 10.0. The van der Waals surface area contributed by atoms with Crippen LogP contribution in [0.15, 0.2) is 47.5 Å². The molecule has 6 heteroatoms. The van der Waals surface area contributed by atoms with Gasteiger partial charge in [-0.25, -0.2) is 4.99 Å². The Morgan fingerprint density at radius 3 is 2.76 bits per heavy atom. The third kappa shape index (κ3) is 2.51. The number of carboxylic acids is 1. The van der Waals surface area contributed by atoms with Crippen molar-refractivity contribution in [3.05, 3.63) is 58.6 Å². The fourth-order valence-corrected chi connectivity index (χ4v) is 2.24. The van der Waals surface area contributed by atoms with Crippen LogP contribution in [0.25, 0.3) is 0 Å². The van der Waals surface area contributed by atoms with Gasteiger partial charge < -0.3 is 15.2 Å². The van der Waals surface area contributed by atoms with Gasteiger partial charge in [0.05, 0.1) is 17.3 Å². The maximum Gasteiger partial charge on any atom is 0.275 e. The Labute approximate surface area is 124 Å². The lowest BCUT2D eigenvalue weighted by Crippen LogP contribution is -2.21. The summed E-state index contributed by atoms with van der Waals surface area (Å²) >= 11 is 5.93. The molecule has 1 N–H and O–H groups in total. The molecule has 0 radical (unpaired) electrons. The Morgan fingerprint density at radius 2 is 2.00 bits per heavy atom. The van der Waals surface area contributed by atoms with Gasteiger partial charge in [0.1, 0.15) is 5.71 Å². The number of hydrogen-bond acceptors (Lipinski definition) is 4. The zero-order valence-electron chi connectivity index (χ0n) is 10.6. The molecular formula is C15H8ClN2O3-. The Hall–Kier alpha value is -2.66. The number of carboxylic acid groups (broad SMARTS) is 1. The molecule has 2 aromatic rings. The largest absolute Gasteiger partial charge is 0.545 e. The molecule has 3 rings (SSSR count). The summed E-state index contributed by atoms with van der Waals surface area (Å²) in [5.74, 6) is -1.65. The van der Waals surface area contributed by atoms with Crippen LogP contribution in [0, 0.1) is 0 Å². The number of amides is 1. The molecule has 1 heterocycles. The minimum Gasteiger partial charge on any atom is -0.545 e. The first-order valence-corrected chi connectivity index (χ1v) is 6.44. The maximum absolute atomic E-state index is 12.0. The van der Waals surface area contributed by atoms with Gasteiger partial charge in [0.25, 0.3) is 5.91 Å². The van der Waals surface area contributed by atoms with E-state index in [1.54, 1.807) is 24.3 Å². The lowest BCUT2D eigenvalue weighted by molar-refractivity contribution is -0.255. The van der Waals surface area contributed by atoms with E-state index in [1.165, 1.54) is 18.2 Å². The number of aromatic carboxylic acids is 1. The summed E-state index contributed by atoms with van der Waals surface area (Å²) in [6, 6.07) is 10.9. The van der Waals surface area contributed by atoms with Crippen molar-refractivity contribution >= 4 is 40.6 Å². The topological polar surface area (TPSA) is 81.6 Å². The summed E-state index contributed by atoms with van der Waals surface area (Å²) in [4.78, 5) is 27.0. The summed E-state index contributed by atoms with van der Waals surface area (Å²) in [5, 5.41) is 14.0. The van der Waals surface area contributed by atoms with E-state index in [4.69, 9.17) is 11.6 Å². The molecule has 21 heavy (non-hydrogen) atoms. The number of carbonyl (C=O) groups excluding carboxylic acids is 2. The lowest BCUT2D eigenvalue weighted by atomic mass is 10.1. The monoisotopic (exact) mass is 299 g/mol. The number of nitrogens with one attached hydrogen (secondary N) is 1. The van der Waals surface area contributed by atoms with Crippen molar-refractivity contribution < 1.29 is 14.7 Å². The number of nitrogens with zero attached hydrogens (tertiary/aromatic N) is 1. The van der Waals surface area contributed by atoms with Crippen molar-refractivity contribution in [2.45, 2.75) is 0 Å². The fourth-order valence-electron chi connectivity index (χ4n) is 2.07. The molecule has 104 valence electrons. The van der Waals surface area contributed by atoms with E-state index in [1.807, 2.05) is 0 Å². The van der Waals surface area contributed by atoms with Gasteiger partial charge in [-0.15, -0.1) is 0 Å². The number of aliphatic imine (C=N–C) groups is 1. The van der Waals surface area contributed by atoms with Gasteiger partial charge in [-0.05, 0) is 35.9 Å². The number of hydrogen-bond donors (Lipinski definition) is 1. The number of fused-ring (bicyclic) bond motifs is 1. The smallest absolute Gasteiger partial charge is 0.275 e. The molecule has 0 saturated heterocycles. The van der Waals surface area contributed by atoms with Crippen molar-refractivity contribution in [2.24, 2.45) is 4.99 Å². The molecule has 1 aliphatic heterocycles. The van der Waals surface area contributed by atoms with Crippen molar-refractivity contribution in [1.82, 2.24) is 0 Å². The summed E-state index contributed by atoms with van der Waals surface area (Å²) in [6.45, 7) is 0. The molecular weight excluding hydrogens is 292 g/mol. The Kier molecular flexibility index (Phi) is 3.19. The quantitative estimate of drug-likeness (QED) is 0.917. The molecule has 0 saturated carbocycles. The van der Waals surface area contributed by atoms with Crippen LogP contribution >= 0.6 is 11.6 Å². The lowest BCUT2D eigenvalue weighted by Gasteiger charge is -2.03. The highest BCUT2D eigenvalue weighted by Gasteiger charge is 2.26. The van der Waals surface area contributed by atoms with Crippen molar-refractivity contribution in [1.29, 1.82) is 0 Å². The van der Waals surface area contributed by atoms with Crippen LogP contribution in [0.3, 0.4) is 0 Å². The summed E-state index contributed by atoms with van der Waals surface area (Å²) in [7, 11) is 0. The van der Waals surface area contributed by atoms with E-state index < -0.39 is 5.97 Å². The number of carbonyl (C=O) groups is 2. The number of anilines is 1. The van der Waals surface area contributed by atoms with Gasteiger partial charge in [-0.2, -0.15) is 0 Å². The normalized spacial score (nSPS) is 14.9. The van der Waals surface area contributed by atoms with Crippen molar-refractivity contribution in [3.63, 3.8) is 0 Å². The second-order valence-electron chi connectivity index (χ2n) is 4.44. The van der Waals surface area contributed by atoms with Crippen molar-refractivity contribution in [2.75, 3.05) is 5.32 Å². The molecule has 1 amide bonds. The maximum atomic E-state index is 12.0. The van der Waals surface area contributed by atoms with Crippen LogP contribution in [0.2, 0.25) is 5.02 Å². The second kappa shape index (κ2) is 5.03. The van der Waals surface area contributed by atoms with Crippen LogP contribution in [-0.2, 0) is 4.79 Å². The van der Waals surface area contributed by atoms with Crippen molar-refractivity contribution in [3.8, 4) is 0 Å². The average molecular weight is 300 g/mol. The molecule has 0 fully saturated rings. The van der Waals surface area contributed by atoms with E-state index in [0.29, 0.717) is 22.0 Å². The fraction of sp³-hybridized carbons (Fsp3) is 0. The number of benzene rings is 2. The van der Waals surface area contributed by atoms with E-state index in [2.05, 4.69) is 10.3 Å². The van der Waals surface area contributed by atoms with E-state index in [0.717, 1.165) is 0 Å². The van der Waals surface area contributed by atoms with Crippen LogP contribution in [0.4, 0.5) is 11.4 Å². The molecule has 0 aliphatic carbocycles. The Bertz CT molecular complexity index is 799. The molecule has 0 unspecified atom stereocenters. The van der Waals surface area contributed by atoms with Crippen LogP contribution < -0.4 is 10.4 Å². The first kappa shape index (κ1) is 13.3. The molecule has 0 bridgehead atoms. The highest BCUT2D eigenvalue weighted by atomic mass is 35.5. The van der Waals surface area contributed by atoms with E-state index in [-0.39, 0.29) is 17.2 Å². The first-order valence-electron chi connectivity index (χ1n) is 6.06. The van der Waals surface area contributed by atoms with Crippen LogP contribution in [-0.4, -0.2) is 17.6 Å². The zero-order chi connectivity index (χ0) is 15.0. The summed E-state index contributed by atoms with van der Waals surface area (Å²) < 4.78 is 0. The predicted molar refractivity (Wildman–Crippen MR) is 77.1 cm³/mol. The minimum absolute atomic E-state index is 0.00146. The van der Waals surface area contributed by atoms with Gasteiger partial charge >= 0.3 is 0 Å². The number of halogens is 1. The summed E-state index contributed by atoms with van der Waals surface area (Å²) in [5.41, 5.74) is 1.77. The van der Waals surface area contributed by atoms with Gasteiger partial charge in [-0.3, -0.25) is 4.79 Å². The SMILES string of the molecule is O=C1Nc2ccc(Cl)cc2C1=Nc1cccc(C(=O)[O-])c1. The molecule has 2 aromatic carbocycles. The van der Waals surface area contributed by atoms with E-state index in [9.17, 15) is 14.7 Å². The highest BCUT2D eigenvalue weighted by molar-refractivity contribution is 6.54. The Morgan fingerprint density at radius 1 is 1.19 bits per heavy atom. The molecule has 0 spiro atoms. The minimum atomic E-state index is -1.30. The van der Waals surface area contributed by atoms with Gasteiger partial charge in [0, 0.05) is 10.6 Å². The van der Waals surface area contributed by atoms with E-state index >= 15 is 0 Å². The molecule has 1 aliphatic rings. The van der Waals surface area contributed by atoms with Crippen LogP contribution in [0.1, 0.15) is 15.9 Å². The standard InChI is InChI=1S/C15H9ClN2O3/c16-9-4-5-12-11(7-9)13(14(19)18-12)17-10-3-1-2-8(6-10)15(20)21/h1-7H,(H,20,21)(H,17,18,19)/p-1. The van der Waals surface area contributed by atoms with Gasteiger partial charge in [0.15, 0.2) is 0 Å². The number of rotatable bonds is 2. The summed E-state index contributed by atoms with van der Waals surface area (Å²) in [6.07, 6.45) is 0. The van der Waals surface area contributed by atoms with Gasteiger partial charge in [-0.1, -0.05) is 23.7 Å². The molecule has 0 atom stereocenters. The third-order valence-corrected chi connectivity index (χ3v) is 3.26. The average Bonchev–Trinajstić information content (AvgIpc) is 2.75. The van der Waals surface area contributed by atoms with Gasteiger partial charge in [0.2, 0.25) is 0 Å².